The minimum Gasteiger partial charge on any atom is -0.324 e. The quantitative estimate of drug-likeness (QED) is 0.824. The van der Waals surface area contributed by atoms with Gasteiger partial charge in [0.15, 0.2) is 0 Å². The molecule has 0 aliphatic heterocycles. The van der Waals surface area contributed by atoms with Gasteiger partial charge in [0.25, 0.3) is 0 Å². The third-order valence-electron chi connectivity index (χ3n) is 5.24. The number of rotatable bonds is 3. The SMILES string of the molecule is CCC1CCC(C(N)c2ccc(F)c3ccccc23)CC1. The van der Waals surface area contributed by atoms with Gasteiger partial charge >= 0.3 is 0 Å². The molecule has 1 unspecified atom stereocenters. The van der Waals surface area contributed by atoms with Crippen molar-refractivity contribution in [2.24, 2.45) is 17.6 Å². The van der Waals surface area contributed by atoms with Crippen LogP contribution in [0.1, 0.15) is 50.6 Å². The van der Waals surface area contributed by atoms with Gasteiger partial charge in [-0.25, -0.2) is 4.39 Å². The number of halogens is 1. The van der Waals surface area contributed by atoms with Crippen LogP contribution in [0, 0.1) is 17.7 Å². The van der Waals surface area contributed by atoms with Crippen LogP contribution >= 0.6 is 0 Å². The topological polar surface area (TPSA) is 26.0 Å². The Balaban J connectivity index is 1.88. The summed E-state index contributed by atoms with van der Waals surface area (Å²) < 4.78 is 13.9. The maximum absolute atomic E-state index is 13.9. The number of hydrogen-bond donors (Lipinski definition) is 1. The van der Waals surface area contributed by atoms with E-state index in [4.69, 9.17) is 5.73 Å². The van der Waals surface area contributed by atoms with E-state index in [0.29, 0.717) is 11.3 Å². The largest absolute Gasteiger partial charge is 0.324 e. The van der Waals surface area contributed by atoms with E-state index in [1.165, 1.54) is 32.1 Å². The van der Waals surface area contributed by atoms with Crippen LogP contribution in [0.4, 0.5) is 4.39 Å². The Morgan fingerprint density at radius 1 is 1.05 bits per heavy atom. The molecule has 0 aromatic heterocycles. The molecule has 0 radical (unpaired) electrons. The van der Waals surface area contributed by atoms with Gasteiger partial charge < -0.3 is 5.73 Å². The maximum Gasteiger partial charge on any atom is 0.131 e. The molecule has 0 amide bonds. The first-order valence-corrected chi connectivity index (χ1v) is 8.13. The van der Waals surface area contributed by atoms with Crippen molar-refractivity contribution in [1.29, 1.82) is 0 Å². The van der Waals surface area contributed by atoms with Crippen LogP contribution in [0.5, 0.6) is 0 Å². The highest BCUT2D eigenvalue weighted by atomic mass is 19.1. The van der Waals surface area contributed by atoms with Gasteiger partial charge in [0.1, 0.15) is 5.82 Å². The number of hydrogen-bond acceptors (Lipinski definition) is 1. The summed E-state index contributed by atoms with van der Waals surface area (Å²) in [6.45, 7) is 2.28. The molecule has 2 aromatic carbocycles. The van der Waals surface area contributed by atoms with Crippen molar-refractivity contribution in [1.82, 2.24) is 0 Å². The van der Waals surface area contributed by atoms with Crippen LogP contribution < -0.4 is 5.73 Å². The summed E-state index contributed by atoms with van der Waals surface area (Å²) in [6, 6.07) is 11.1. The first-order valence-electron chi connectivity index (χ1n) is 8.13. The van der Waals surface area contributed by atoms with Gasteiger partial charge in [-0.2, -0.15) is 0 Å². The van der Waals surface area contributed by atoms with E-state index in [2.05, 4.69) is 6.92 Å². The van der Waals surface area contributed by atoms with Gasteiger partial charge in [0, 0.05) is 11.4 Å². The van der Waals surface area contributed by atoms with E-state index in [-0.39, 0.29) is 11.9 Å². The molecule has 3 rings (SSSR count). The standard InChI is InChI=1S/C19H24FN/c1-2-13-7-9-14(10-8-13)19(21)17-11-12-18(20)16-6-4-3-5-15(16)17/h3-6,11-14,19H,2,7-10,21H2,1H3. The summed E-state index contributed by atoms with van der Waals surface area (Å²) in [4.78, 5) is 0. The van der Waals surface area contributed by atoms with E-state index in [0.717, 1.165) is 16.9 Å². The third kappa shape index (κ3) is 2.82. The number of nitrogens with two attached hydrogens (primary N) is 1. The molecule has 1 saturated carbocycles. The normalized spacial score (nSPS) is 24.1. The zero-order chi connectivity index (χ0) is 14.8. The Kier molecular flexibility index (Phi) is 4.25. The van der Waals surface area contributed by atoms with E-state index < -0.39 is 0 Å². The lowest BCUT2D eigenvalue weighted by Gasteiger charge is -2.32. The lowest BCUT2D eigenvalue weighted by Crippen LogP contribution is -2.26. The molecule has 1 fully saturated rings. The van der Waals surface area contributed by atoms with E-state index >= 15 is 0 Å². The summed E-state index contributed by atoms with van der Waals surface area (Å²) in [7, 11) is 0. The highest BCUT2D eigenvalue weighted by Crippen LogP contribution is 2.38. The summed E-state index contributed by atoms with van der Waals surface area (Å²) >= 11 is 0. The van der Waals surface area contributed by atoms with Gasteiger partial charge in [0.2, 0.25) is 0 Å². The molecule has 1 atom stereocenters. The van der Waals surface area contributed by atoms with Crippen LogP contribution in [-0.2, 0) is 0 Å². The average molecular weight is 285 g/mol. The fraction of sp³-hybridized carbons (Fsp3) is 0.474. The van der Waals surface area contributed by atoms with Gasteiger partial charge in [-0.15, -0.1) is 0 Å². The molecule has 0 bridgehead atoms. The molecule has 21 heavy (non-hydrogen) atoms. The molecule has 1 nitrogen and oxygen atoms in total. The maximum atomic E-state index is 13.9. The monoisotopic (exact) mass is 285 g/mol. The fourth-order valence-electron chi connectivity index (χ4n) is 3.79. The smallest absolute Gasteiger partial charge is 0.131 e. The molecule has 2 heteroatoms. The molecule has 1 aliphatic rings. The fourth-order valence-corrected chi connectivity index (χ4v) is 3.79. The van der Waals surface area contributed by atoms with Crippen LogP contribution in [0.2, 0.25) is 0 Å². The van der Waals surface area contributed by atoms with Gasteiger partial charge in [-0.3, -0.25) is 0 Å². The Morgan fingerprint density at radius 3 is 2.38 bits per heavy atom. The molecule has 2 aromatic rings. The minimum atomic E-state index is -0.156. The van der Waals surface area contributed by atoms with E-state index in [9.17, 15) is 4.39 Å². The molecular weight excluding hydrogens is 261 g/mol. The molecule has 0 spiro atoms. The molecule has 0 heterocycles. The van der Waals surface area contributed by atoms with Crippen LogP contribution in [0.15, 0.2) is 36.4 Å². The van der Waals surface area contributed by atoms with Crippen molar-refractivity contribution in [2.45, 2.75) is 45.1 Å². The van der Waals surface area contributed by atoms with Crippen molar-refractivity contribution in [2.75, 3.05) is 0 Å². The molecular formula is C19H24FN. The van der Waals surface area contributed by atoms with Crippen molar-refractivity contribution in [3.8, 4) is 0 Å². The highest BCUT2D eigenvalue weighted by Gasteiger charge is 2.26. The van der Waals surface area contributed by atoms with Gasteiger partial charge in [-0.05, 0) is 41.7 Å². The molecule has 2 N–H and O–H groups in total. The van der Waals surface area contributed by atoms with Crippen LogP contribution in [0.3, 0.4) is 0 Å². The van der Waals surface area contributed by atoms with Crippen molar-refractivity contribution in [3.63, 3.8) is 0 Å². The summed E-state index contributed by atoms with van der Waals surface area (Å²) in [5.41, 5.74) is 7.65. The number of fused-ring (bicyclic) bond motifs is 1. The third-order valence-corrected chi connectivity index (χ3v) is 5.24. The second kappa shape index (κ2) is 6.15. The molecule has 112 valence electrons. The summed E-state index contributed by atoms with van der Waals surface area (Å²) in [6.07, 6.45) is 6.25. The predicted octanol–water partition coefficient (Wildman–Crippen LogP) is 5.20. The van der Waals surface area contributed by atoms with Crippen molar-refractivity contribution >= 4 is 10.8 Å². The lowest BCUT2D eigenvalue weighted by atomic mass is 9.75. The Morgan fingerprint density at radius 2 is 1.71 bits per heavy atom. The Bertz CT molecular complexity index is 614. The predicted molar refractivity (Wildman–Crippen MR) is 86.6 cm³/mol. The number of benzene rings is 2. The zero-order valence-electron chi connectivity index (χ0n) is 12.7. The van der Waals surface area contributed by atoms with Gasteiger partial charge in [-0.1, -0.05) is 56.5 Å². The van der Waals surface area contributed by atoms with Crippen LogP contribution in [-0.4, -0.2) is 0 Å². The van der Waals surface area contributed by atoms with Crippen molar-refractivity contribution < 1.29 is 4.39 Å². The van der Waals surface area contributed by atoms with E-state index in [1.807, 2.05) is 30.3 Å². The highest BCUT2D eigenvalue weighted by molar-refractivity contribution is 5.86. The van der Waals surface area contributed by atoms with Crippen LogP contribution in [0.25, 0.3) is 10.8 Å². The average Bonchev–Trinajstić information content (AvgIpc) is 2.55. The minimum absolute atomic E-state index is 0.0216. The lowest BCUT2D eigenvalue weighted by molar-refractivity contribution is 0.240. The summed E-state index contributed by atoms with van der Waals surface area (Å²) in [5.74, 6) is 1.25. The first kappa shape index (κ1) is 14.5. The van der Waals surface area contributed by atoms with E-state index in [1.54, 1.807) is 6.07 Å². The second-order valence-corrected chi connectivity index (χ2v) is 6.40. The Hall–Kier alpha value is -1.41. The van der Waals surface area contributed by atoms with Crippen molar-refractivity contribution in [3.05, 3.63) is 47.8 Å². The molecule has 0 saturated heterocycles. The zero-order valence-corrected chi connectivity index (χ0v) is 12.7. The first-order chi connectivity index (χ1) is 10.2. The second-order valence-electron chi connectivity index (χ2n) is 6.40. The van der Waals surface area contributed by atoms with Gasteiger partial charge in [0.05, 0.1) is 0 Å². The molecule has 1 aliphatic carbocycles. The Labute approximate surface area is 126 Å². The summed E-state index contributed by atoms with van der Waals surface area (Å²) in [5, 5.41) is 1.66.